The minimum absolute atomic E-state index is 0.00839. The first kappa shape index (κ1) is 13.1. The highest BCUT2D eigenvalue weighted by Crippen LogP contribution is 2.33. The quantitative estimate of drug-likeness (QED) is 0.602. The molecule has 0 amide bonds. The number of allylic oxidation sites excluding steroid dienone is 1. The number of rotatable bonds is 5. The number of hydrogen-bond acceptors (Lipinski definition) is 5. The lowest BCUT2D eigenvalue weighted by Crippen LogP contribution is -2.01. The Hall–Kier alpha value is -2.37. The Morgan fingerprint density at radius 1 is 1.37 bits per heavy atom. The van der Waals surface area contributed by atoms with Crippen LogP contribution < -0.4 is 9.47 Å². The van der Waals surface area contributed by atoms with Crippen molar-refractivity contribution in [3.63, 3.8) is 0 Å². The van der Waals surface area contributed by atoms with Gasteiger partial charge in [-0.15, -0.1) is 0 Å². The minimum atomic E-state index is -0.465. The first-order valence-electron chi connectivity index (χ1n) is 5.80. The predicted octanol–water partition coefficient (Wildman–Crippen LogP) is 2.40. The van der Waals surface area contributed by atoms with Gasteiger partial charge in [-0.05, 0) is 24.6 Å². The number of fused-ring (bicyclic) bond motifs is 1. The zero-order chi connectivity index (χ0) is 13.8. The molecule has 1 aliphatic heterocycles. The van der Waals surface area contributed by atoms with Crippen LogP contribution in [0.2, 0.25) is 0 Å². The number of ether oxygens (including phenoxy) is 2. The highest BCUT2D eigenvalue weighted by Gasteiger charge is 2.15. The molecule has 0 atom stereocenters. The van der Waals surface area contributed by atoms with Crippen LogP contribution in [-0.2, 0) is 4.79 Å². The summed E-state index contributed by atoms with van der Waals surface area (Å²) >= 11 is 0. The maximum atomic E-state index is 10.9. The number of nitro groups is 1. The monoisotopic (exact) mass is 263 g/mol. The molecule has 1 aromatic rings. The van der Waals surface area contributed by atoms with Gasteiger partial charge in [0.25, 0.3) is 0 Å². The summed E-state index contributed by atoms with van der Waals surface area (Å²) in [6.45, 7) is 1.58. The van der Waals surface area contributed by atoms with Crippen molar-refractivity contribution in [2.75, 3.05) is 6.79 Å². The third-order valence-electron chi connectivity index (χ3n) is 2.70. The van der Waals surface area contributed by atoms with Crippen molar-refractivity contribution in [1.29, 1.82) is 0 Å². The highest BCUT2D eigenvalue weighted by molar-refractivity contribution is 5.75. The molecule has 0 unspecified atom stereocenters. The summed E-state index contributed by atoms with van der Waals surface area (Å²) in [7, 11) is 0. The molecule has 19 heavy (non-hydrogen) atoms. The highest BCUT2D eigenvalue weighted by atomic mass is 16.7. The van der Waals surface area contributed by atoms with Crippen LogP contribution in [0.1, 0.15) is 25.3 Å². The second-order valence-electron chi connectivity index (χ2n) is 4.21. The molecule has 6 nitrogen and oxygen atoms in total. The van der Waals surface area contributed by atoms with Gasteiger partial charge in [0.2, 0.25) is 12.5 Å². The van der Waals surface area contributed by atoms with Gasteiger partial charge in [-0.25, -0.2) is 0 Å². The summed E-state index contributed by atoms with van der Waals surface area (Å²) in [6, 6.07) is 5.10. The molecule has 0 aliphatic carbocycles. The van der Waals surface area contributed by atoms with Crippen LogP contribution in [0.25, 0.3) is 6.08 Å². The number of carbonyl (C=O) groups excluding carboxylic acids is 1. The average molecular weight is 263 g/mol. The van der Waals surface area contributed by atoms with Crippen LogP contribution in [-0.4, -0.2) is 17.5 Å². The van der Waals surface area contributed by atoms with E-state index in [1.807, 2.05) is 0 Å². The van der Waals surface area contributed by atoms with E-state index in [0.29, 0.717) is 17.1 Å². The van der Waals surface area contributed by atoms with Gasteiger partial charge < -0.3 is 14.3 Å². The van der Waals surface area contributed by atoms with Crippen LogP contribution in [0, 0.1) is 10.1 Å². The predicted molar refractivity (Wildman–Crippen MR) is 67.5 cm³/mol. The number of nitrogens with zero attached hydrogens (tertiary/aromatic N) is 1. The van der Waals surface area contributed by atoms with Crippen LogP contribution in [0.15, 0.2) is 23.9 Å². The van der Waals surface area contributed by atoms with Gasteiger partial charge in [-0.1, -0.05) is 6.07 Å². The number of benzene rings is 1. The van der Waals surface area contributed by atoms with Crippen molar-refractivity contribution < 1.29 is 19.2 Å². The molecule has 6 heteroatoms. The Morgan fingerprint density at radius 3 is 2.79 bits per heavy atom. The molecule has 100 valence electrons. The van der Waals surface area contributed by atoms with E-state index in [2.05, 4.69) is 0 Å². The van der Waals surface area contributed by atoms with Crippen LogP contribution >= 0.6 is 0 Å². The van der Waals surface area contributed by atoms with Gasteiger partial charge in [0.1, 0.15) is 5.78 Å². The fraction of sp³-hybridized carbons (Fsp3) is 0.308. The van der Waals surface area contributed by atoms with E-state index < -0.39 is 4.92 Å². The van der Waals surface area contributed by atoms with Crippen LogP contribution in [0.4, 0.5) is 0 Å². The molecule has 1 aromatic carbocycles. The second-order valence-corrected chi connectivity index (χ2v) is 4.21. The summed E-state index contributed by atoms with van der Waals surface area (Å²) in [5.41, 5.74) is 0.661. The minimum Gasteiger partial charge on any atom is -0.454 e. The molecular formula is C13H13NO5. The lowest BCUT2D eigenvalue weighted by molar-refractivity contribution is -0.426. The molecule has 0 bridgehead atoms. The van der Waals surface area contributed by atoms with Crippen molar-refractivity contribution in [3.05, 3.63) is 39.6 Å². The molecule has 0 spiro atoms. The fourth-order valence-corrected chi connectivity index (χ4v) is 1.72. The summed E-state index contributed by atoms with van der Waals surface area (Å²) in [6.07, 6.45) is 1.74. The molecule has 0 saturated heterocycles. The molecule has 2 rings (SSSR count). The van der Waals surface area contributed by atoms with Gasteiger partial charge in [0.05, 0.1) is 4.92 Å². The first-order valence-corrected chi connectivity index (χ1v) is 5.80. The van der Waals surface area contributed by atoms with E-state index >= 15 is 0 Å². The molecular weight excluding hydrogens is 250 g/mol. The number of hydrogen-bond donors (Lipinski definition) is 0. The zero-order valence-corrected chi connectivity index (χ0v) is 10.4. The Balaban J connectivity index is 2.20. The average Bonchev–Trinajstić information content (AvgIpc) is 2.81. The van der Waals surface area contributed by atoms with Gasteiger partial charge >= 0.3 is 0 Å². The van der Waals surface area contributed by atoms with Gasteiger partial charge in [-0.3, -0.25) is 10.1 Å². The number of Topliss-reactive ketones (excluding diaryl/α,β-unsaturated/α-hetero) is 1. The maximum Gasteiger partial charge on any atom is 0.247 e. The van der Waals surface area contributed by atoms with E-state index in [1.165, 1.54) is 13.0 Å². The molecule has 0 saturated carbocycles. The Bertz CT molecular complexity index is 550. The third kappa shape index (κ3) is 3.31. The largest absolute Gasteiger partial charge is 0.454 e. The zero-order valence-electron chi connectivity index (χ0n) is 10.4. The molecule has 1 heterocycles. The van der Waals surface area contributed by atoms with Crippen LogP contribution in [0.5, 0.6) is 11.5 Å². The van der Waals surface area contributed by atoms with Gasteiger partial charge in [0, 0.05) is 18.9 Å². The topological polar surface area (TPSA) is 78.7 Å². The second kappa shape index (κ2) is 5.51. The fourth-order valence-electron chi connectivity index (χ4n) is 1.72. The van der Waals surface area contributed by atoms with Gasteiger partial charge in [-0.2, -0.15) is 0 Å². The summed E-state index contributed by atoms with van der Waals surface area (Å²) in [4.78, 5) is 21.3. The van der Waals surface area contributed by atoms with Gasteiger partial charge in [0.15, 0.2) is 11.5 Å². The third-order valence-corrected chi connectivity index (χ3v) is 2.70. The smallest absolute Gasteiger partial charge is 0.247 e. The lowest BCUT2D eigenvalue weighted by Gasteiger charge is -2.00. The Labute approximate surface area is 109 Å². The van der Waals surface area contributed by atoms with E-state index in [-0.39, 0.29) is 31.1 Å². The Morgan fingerprint density at radius 2 is 2.11 bits per heavy atom. The lowest BCUT2D eigenvalue weighted by atomic mass is 10.1. The normalized spacial score (nSPS) is 13.4. The first-order chi connectivity index (χ1) is 9.06. The number of ketones is 1. The standard InChI is InChI=1S/C13H13NO5/c1-9(15)2-4-11(14(16)17)6-10-3-5-12-13(7-10)19-8-18-12/h3,5-7H,2,4,8H2,1H3/b11-6+. The number of carbonyl (C=O) groups is 1. The van der Waals surface area contributed by atoms with E-state index in [4.69, 9.17) is 9.47 Å². The summed E-state index contributed by atoms with van der Waals surface area (Å²) < 4.78 is 10.4. The molecule has 0 aromatic heterocycles. The van der Waals surface area contributed by atoms with Crippen LogP contribution in [0.3, 0.4) is 0 Å². The van der Waals surface area contributed by atoms with Crippen molar-refractivity contribution >= 4 is 11.9 Å². The summed E-state index contributed by atoms with van der Waals surface area (Å²) in [5, 5.41) is 10.9. The molecule has 0 N–H and O–H groups in total. The maximum absolute atomic E-state index is 10.9. The molecule has 1 aliphatic rings. The van der Waals surface area contributed by atoms with Crippen molar-refractivity contribution in [1.82, 2.24) is 0 Å². The van der Waals surface area contributed by atoms with Crippen molar-refractivity contribution in [2.24, 2.45) is 0 Å². The SMILES string of the molecule is CC(=O)CC/C(=C\c1ccc2c(c1)OCO2)[N+](=O)[O-]. The van der Waals surface area contributed by atoms with Crippen molar-refractivity contribution in [3.8, 4) is 11.5 Å². The molecule has 0 fully saturated rings. The van der Waals surface area contributed by atoms with Crippen molar-refractivity contribution in [2.45, 2.75) is 19.8 Å². The van der Waals surface area contributed by atoms with E-state index in [0.717, 1.165) is 0 Å². The van der Waals surface area contributed by atoms with E-state index in [9.17, 15) is 14.9 Å². The Kier molecular flexibility index (Phi) is 3.79. The van der Waals surface area contributed by atoms with E-state index in [1.54, 1.807) is 18.2 Å². The summed E-state index contributed by atoms with van der Waals surface area (Å²) in [5.74, 6) is 1.13. The molecule has 0 radical (unpaired) electrons.